The molecule has 0 bridgehead atoms. The van der Waals surface area contributed by atoms with Crippen LogP contribution in [0.1, 0.15) is 44.9 Å². The summed E-state index contributed by atoms with van der Waals surface area (Å²) in [5.41, 5.74) is 3.02. The Morgan fingerprint density at radius 2 is 1.79 bits per heavy atom. The second kappa shape index (κ2) is 9.54. The summed E-state index contributed by atoms with van der Waals surface area (Å²) in [4.78, 5) is 16.1. The van der Waals surface area contributed by atoms with Crippen molar-refractivity contribution in [2.24, 2.45) is 7.05 Å². The molecule has 0 aliphatic heterocycles. The topological polar surface area (TPSA) is 81.0 Å². The van der Waals surface area contributed by atoms with Crippen molar-refractivity contribution in [3.05, 3.63) is 29.7 Å². The minimum Gasteiger partial charge on any atom is -0.491 e. The highest BCUT2D eigenvalue weighted by Crippen LogP contribution is 2.26. The number of nitrogens with one attached hydrogen (secondary N) is 1. The quantitative estimate of drug-likeness (QED) is 0.558. The van der Waals surface area contributed by atoms with Crippen LogP contribution in [0, 0.1) is 6.92 Å². The van der Waals surface area contributed by atoms with Crippen LogP contribution >= 0.6 is 0 Å². The van der Waals surface area contributed by atoms with Crippen molar-refractivity contribution < 1.29 is 4.74 Å². The highest BCUT2D eigenvalue weighted by atomic mass is 16.5. The molecule has 156 valence electrons. The number of nitrogens with zero attached hydrogens (tertiary/aromatic N) is 6. The highest BCUT2D eigenvalue weighted by Gasteiger charge is 2.17. The predicted molar refractivity (Wildman–Crippen MR) is 117 cm³/mol. The van der Waals surface area contributed by atoms with E-state index in [4.69, 9.17) is 9.72 Å². The second-order valence-corrected chi connectivity index (χ2v) is 7.07. The van der Waals surface area contributed by atoms with Crippen molar-refractivity contribution in [3.8, 4) is 5.75 Å². The molecule has 0 spiro atoms. The van der Waals surface area contributed by atoms with Crippen LogP contribution in [0.4, 0.5) is 11.8 Å². The van der Waals surface area contributed by atoms with Crippen LogP contribution in [0.25, 0.3) is 11.0 Å². The summed E-state index contributed by atoms with van der Waals surface area (Å²) in [7, 11) is 1.95. The summed E-state index contributed by atoms with van der Waals surface area (Å²) in [6.07, 6.45) is 5.51. The zero-order valence-corrected chi connectivity index (χ0v) is 18.1. The summed E-state index contributed by atoms with van der Waals surface area (Å²) < 4.78 is 7.27. The van der Waals surface area contributed by atoms with Gasteiger partial charge in [-0.15, -0.1) is 0 Å². The first-order valence-electron chi connectivity index (χ1n) is 10.3. The number of aromatic nitrogens is 5. The van der Waals surface area contributed by atoms with E-state index in [1.165, 1.54) is 0 Å². The van der Waals surface area contributed by atoms with Gasteiger partial charge >= 0.3 is 0 Å². The van der Waals surface area contributed by atoms with E-state index in [0.29, 0.717) is 24.8 Å². The lowest BCUT2D eigenvalue weighted by Gasteiger charge is -2.25. The third kappa shape index (κ3) is 4.75. The molecule has 8 heteroatoms. The van der Waals surface area contributed by atoms with E-state index in [1.807, 2.05) is 25.6 Å². The normalized spacial score (nSPS) is 11.1. The molecule has 0 aliphatic rings. The van der Waals surface area contributed by atoms with Gasteiger partial charge in [0.2, 0.25) is 5.95 Å². The molecule has 1 N–H and O–H groups in total. The van der Waals surface area contributed by atoms with Gasteiger partial charge in [0, 0.05) is 37.6 Å². The van der Waals surface area contributed by atoms with Gasteiger partial charge in [0.1, 0.15) is 5.82 Å². The Hall–Kier alpha value is -2.90. The Kier molecular flexibility index (Phi) is 6.85. The van der Waals surface area contributed by atoms with E-state index < -0.39 is 0 Å². The van der Waals surface area contributed by atoms with E-state index in [0.717, 1.165) is 54.0 Å². The molecule has 3 aromatic heterocycles. The zero-order chi connectivity index (χ0) is 20.8. The SMILES string of the molecule is CCCN(CCC)c1nc2c(cc1CNc1ncc(OCC)cn1)c(C)nn2C. The third-order valence-electron chi connectivity index (χ3n) is 4.72. The van der Waals surface area contributed by atoms with Crippen molar-refractivity contribution >= 4 is 22.8 Å². The lowest BCUT2D eigenvalue weighted by molar-refractivity contribution is 0.337. The maximum absolute atomic E-state index is 5.41. The van der Waals surface area contributed by atoms with Gasteiger partial charge in [0.25, 0.3) is 0 Å². The van der Waals surface area contributed by atoms with Gasteiger partial charge < -0.3 is 15.0 Å². The molecule has 0 saturated carbocycles. The number of ether oxygens (including phenoxy) is 1. The molecule has 0 aliphatic carbocycles. The fourth-order valence-corrected chi connectivity index (χ4v) is 3.47. The first kappa shape index (κ1) is 20.8. The van der Waals surface area contributed by atoms with Crippen molar-refractivity contribution in [2.45, 2.75) is 47.1 Å². The number of anilines is 2. The van der Waals surface area contributed by atoms with Crippen LogP contribution in [0.15, 0.2) is 18.5 Å². The van der Waals surface area contributed by atoms with Crippen LogP contribution in [0.3, 0.4) is 0 Å². The monoisotopic (exact) mass is 397 g/mol. The largest absolute Gasteiger partial charge is 0.491 e. The highest BCUT2D eigenvalue weighted by molar-refractivity contribution is 5.81. The predicted octanol–water partition coefficient (Wildman–Crippen LogP) is 3.70. The van der Waals surface area contributed by atoms with E-state index in [-0.39, 0.29) is 0 Å². The van der Waals surface area contributed by atoms with Crippen molar-refractivity contribution in [1.82, 2.24) is 24.7 Å². The van der Waals surface area contributed by atoms with E-state index >= 15 is 0 Å². The molecule has 3 rings (SSSR count). The Bertz CT molecular complexity index is 930. The molecule has 0 saturated heterocycles. The molecule has 0 fully saturated rings. The van der Waals surface area contributed by atoms with Crippen LogP contribution in [-0.4, -0.2) is 44.4 Å². The van der Waals surface area contributed by atoms with Crippen LogP contribution in [0.2, 0.25) is 0 Å². The molecule has 0 aromatic carbocycles. The summed E-state index contributed by atoms with van der Waals surface area (Å²) >= 11 is 0. The molecule has 3 aromatic rings. The fourth-order valence-electron chi connectivity index (χ4n) is 3.47. The first-order valence-corrected chi connectivity index (χ1v) is 10.3. The standard InChI is InChI=1S/C21H31N7O/c1-6-9-28(10-7-2)19-16(11-18-15(4)26-27(5)20(18)25-19)12-22-21-23-13-17(14-24-21)29-8-3/h11,13-14H,6-10,12H2,1-5H3,(H,22,23,24). The smallest absolute Gasteiger partial charge is 0.223 e. The van der Waals surface area contributed by atoms with E-state index in [2.05, 4.69) is 45.2 Å². The number of hydrogen-bond donors (Lipinski definition) is 1. The third-order valence-corrected chi connectivity index (χ3v) is 4.72. The van der Waals surface area contributed by atoms with Gasteiger partial charge in [-0.05, 0) is 32.8 Å². The Morgan fingerprint density at radius 3 is 2.41 bits per heavy atom. The number of aryl methyl sites for hydroxylation is 2. The fraction of sp³-hybridized carbons (Fsp3) is 0.524. The molecule has 0 unspecified atom stereocenters. The maximum Gasteiger partial charge on any atom is 0.223 e. The van der Waals surface area contributed by atoms with Gasteiger partial charge in [0.05, 0.1) is 24.7 Å². The number of fused-ring (bicyclic) bond motifs is 1. The number of hydrogen-bond acceptors (Lipinski definition) is 7. The summed E-state index contributed by atoms with van der Waals surface area (Å²) in [6.45, 7) is 11.5. The Balaban J connectivity index is 1.92. The molecule has 8 nitrogen and oxygen atoms in total. The average Bonchev–Trinajstić information content (AvgIpc) is 3.00. The van der Waals surface area contributed by atoms with E-state index in [9.17, 15) is 0 Å². The minimum atomic E-state index is 0.569. The molecule has 29 heavy (non-hydrogen) atoms. The first-order chi connectivity index (χ1) is 14.1. The van der Waals surface area contributed by atoms with Crippen molar-refractivity contribution in [2.75, 3.05) is 29.9 Å². The van der Waals surface area contributed by atoms with Crippen molar-refractivity contribution in [3.63, 3.8) is 0 Å². The number of pyridine rings is 1. The zero-order valence-electron chi connectivity index (χ0n) is 18.1. The van der Waals surface area contributed by atoms with Gasteiger partial charge in [-0.3, -0.25) is 4.68 Å². The minimum absolute atomic E-state index is 0.569. The molecule has 0 radical (unpaired) electrons. The second-order valence-electron chi connectivity index (χ2n) is 7.07. The van der Waals surface area contributed by atoms with Crippen molar-refractivity contribution in [1.29, 1.82) is 0 Å². The summed E-state index contributed by atoms with van der Waals surface area (Å²) in [5, 5.41) is 8.95. The van der Waals surface area contributed by atoms with Crippen LogP contribution < -0.4 is 15.0 Å². The van der Waals surface area contributed by atoms with Crippen LogP contribution in [0.5, 0.6) is 5.75 Å². The lowest BCUT2D eigenvalue weighted by atomic mass is 10.1. The Morgan fingerprint density at radius 1 is 1.10 bits per heavy atom. The van der Waals surface area contributed by atoms with Gasteiger partial charge in [-0.25, -0.2) is 15.0 Å². The Labute approximate surface area is 172 Å². The van der Waals surface area contributed by atoms with Gasteiger partial charge in [-0.2, -0.15) is 5.10 Å². The van der Waals surface area contributed by atoms with Crippen LogP contribution in [-0.2, 0) is 13.6 Å². The molecule has 0 atom stereocenters. The summed E-state index contributed by atoms with van der Waals surface area (Å²) in [6, 6.07) is 2.19. The van der Waals surface area contributed by atoms with Gasteiger partial charge in [-0.1, -0.05) is 13.8 Å². The average molecular weight is 398 g/mol. The van der Waals surface area contributed by atoms with Gasteiger partial charge in [0.15, 0.2) is 11.4 Å². The molecule has 3 heterocycles. The molecular formula is C21H31N7O. The molecular weight excluding hydrogens is 366 g/mol. The van der Waals surface area contributed by atoms with E-state index in [1.54, 1.807) is 12.4 Å². The maximum atomic E-state index is 5.41. The molecule has 0 amide bonds. The summed E-state index contributed by atoms with van der Waals surface area (Å²) in [5.74, 6) is 2.24. The lowest BCUT2D eigenvalue weighted by Crippen LogP contribution is -2.27. The number of rotatable bonds is 10.